The van der Waals surface area contributed by atoms with Gasteiger partial charge in [-0.2, -0.15) is 0 Å². The predicted octanol–water partition coefficient (Wildman–Crippen LogP) is 4.13. The quantitative estimate of drug-likeness (QED) is 0.620. The highest BCUT2D eigenvalue weighted by Crippen LogP contribution is 2.11. The lowest BCUT2D eigenvalue weighted by atomic mass is 10.2. The summed E-state index contributed by atoms with van der Waals surface area (Å²) < 4.78 is 5.66. The van der Waals surface area contributed by atoms with Gasteiger partial charge in [-0.15, -0.1) is 11.3 Å². The first kappa shape index (κ1) is 16.6. The Balaban J connectivity index is 2.06. The van der Waals surface area contributed by atoms with Crippen LogP contribution in [-0.4, -0.2) is 17.6 Å². The Morgan fingerprint density at radius 3 is 2.79 bits per heavy atom. The molecule has 0 aliphatic carbocycles. The molecule has 1 aromatic heterocycles. The second kappa shape index (κ2) is 10.4. The Kier molecular flexibility index (Phi) is 9.05. The van der Waals surface area contributed by atoms with E-state index in [2.05, 4.69) is 36.5 Å². The minimum Gasteiger partial charge on any atom is -0.375 e. The van der Waals surface area contributed by atoms with Crippen molar-refractivity contribution in [2.45, 2.75) is 72.1 Å². The molecule has 0 radical (unpaired) electrons. The number of thiazole rings is 1. The molecule has 19 heavy (non-hydrogen) atoms. The zero-order chi connectivity index (χ0) is 13.9. The number of ether oxygens (including phenoxy) is 1. The Hall–Kier alpha value is -0.450. The SMILES string of the molecule is CCCCCCCOCc1csc(CNC(C)C)n1. The molecular formula is C15H28N2OS. The average Bonchev–Trinajstić information content (AvgIpc) is 2.83. The molecule has 0 bridgehead atoms. The molecule has 0 aliphatic rings. The molecule has 0 saturated heterocycles. The number of nitrogens with one attached hydrogen (secondary N) is 1. The fraction of sp³-hybridized carbons (Fsp3) is 0.800. The zero-order valence-corrected chi connectivity index (χ0v) is 13.4. The molecule has 3 nitrogen and oxygen atoms in total. The molecule has 0 amide bonds. The van der Waals surface area contributed by atoms with Crippen molar-refractivity contribution in [1.82, 2.24) is 10.3 Å². The van der Waals surface area contributed by atoms with Gasteiger partial charge in [0.1, 0.15) is 5.01 Å². The van der Waals surface area contributed by atoms with Gasteiger partial charge in [0.05, 0.1) is 12.3 Å². The van der Waals surface area contributed by atoms with Crippen molar-refractivity contribution in [2.75, 3.05) is 6.61 Å². The van der Waals surface area contributed by atoms with E-state index >= 15 is 0 Å². The van der Waals surface area contributed by atoms with Crippen molar-refractivity contribution in [3.8, 4) is 0 Å². The van der Waals surface area contributed by atoms with Gasteiger partial charge in [-0.05, 0) is 6.42 Å². The molecule has 0 spiro atoms. The zero-order valence-electron chi connectivity index (χ0n) is 12.6. The van der Waals surface area contributed by atoms with Crippen molar-refractivity contribution >= 4 is 11.3 Å². The third-order valence-electron chi connectivity index (χ3n) is 2.90. The lowest BCUT2D eigenvalue weighted by Crippen LogP contribution is -2.21. The van der Waals surface area contributed by atoms with Gasteiger partial charge in [0, 0.05) is 24.6 Å². The van der Waals surface area contributed by atoms with Crippen LogP contribution in [0.25, 0.3) is 0 Å². The predicted molar refractivity (Wildman–Crippen MR) is 82.5 cm³/mol. The van der Waals surface area contributed by atoms with E-state index in [4.69, 9.17) is 4.74 Å². The summed E-state index contributed by atoms with van der Waals surface area (Å²) in [5, 5.41) is 6.63. The minimum absolute atomic E-state index is 0.506. The maximum atomic E-state index is 5.66. The van der Waals surface area contributed by atoms with Gasteiger partial charge >= 0.3 is 0 Å². The minimum atomic E-state index is 0.506. The monoisotopic (exact) mass is 284 g/mol. The molecule has 1 N–H and O–H groups in total. The van der Waals surface area contributed by atoms with Crippen molar-refractivity contribution < 1.29 is 4.74 Å². The van der Waals surface area contributed by atoms with Crippen LogP contribution in [0.3, 0.4) is 0 Å². The molecule has 4 heteroatoms. The number of aromatic nitrogens is 1. The van der Waals surface area contributed by atoms with Crippen LogP contribution < -0.4 is 5.32 Å². The van der Waals surface area contributed by atoms with Gasteiger partial charge in [-0.25, -0.2) is 4.98 Å². The van der Waals surface area contributed by atoms with Crippen molar-refractivity contribution in [1.29, 1.82) is 0 Å². The maximum absolute atomic E-state index is 5.66. The molecule has 1 rings (SSSR count). The van der Waals surface area contributed by atoms with E-state index in [-0.39, 0.29) is 0 Å². The summed E-state index contributed by atoms with van der Waals surface area (Å²) in [7, 11) is 0. The summed E-state index contributed by atoms with van der Waals surface area (Å²) in [6, 6.07) is 0.506. The number of hydrogen-bond acceptors (Lipinski definition) is 4. The highest BCUT2D eigenvalue weighted by Gasteiger charge is 2.02. The first-order valence-electron chi connectivity index (χ1n) is 7.46. The van der Waals surface area contributed by atoms with Crippen LogP contribution in [-0.2, 0) is 17.9 Å². The van der Waals surface area contributed by atoms with Gasteiger partial charge in [0.25, 0.3) is 0 Å². The summed E-state index contributed by atoms with van der Waals surface area (Å²) in [4.78, 5) is 4.56. The normalized spacial score (nSPS) is 11.4. The second-order valence-electron chi connectivity index (χ2n) is 5.23. The summed E-state index contributed by atoms with van der Waals surface area (Å²) in [5.41, 5.74) is 1.07. The van der Waals surface area contributed by atoms with Crippen LogP contribution in [0.15, 0.2) is 5.38 Å². The number of unbranched alkanes of at least 4 members (excludes halogenated alkanes) is 4. The van der Waals surface area contributed by atoms with Crippen LogP contribution in [0.1, 0.15) is 63.6 Å². The standard InChI is InChI=1S/C15H28N2OS/c1-4-5-6-7-8-9-18-11-14-12-19-15(17-14)10-16-13(2)3/h12-13,16H,4-11H2,1-3H3. The highest BCUT2D eigenvalue weighted by atomic mass is 32.1. The Morgan fingerprint density at radius 1 is 1.26 bits per heavy atom. The van der Waals surface area contributed by atoms with Gasteiger partial charge in [-0.3, -0.25) is 0 Å². The van der Waals surface area contributed by atoms with E-state index < -0.39 is 0 Å². The fourth-order valence-corrected chi connectivity index (χ4v) is 2.50. The third kappa shape index (κ3) is 8.35. The molecule has 0 unspecified atom stereocenters. The molecular weight excluding hydrogens is 256 g/mol. The first-order valence-corrected chi connectivity index (χ1v) is 8.34. The third-order valence-corrected chi connectivity index (χ3v) is 3.80. The van der Waals surface area contributed by atoms with Crippen LogP contribution in [0.4, 0.5) is 0 Å². The van der Waals surface area contributed by atoms with E-state index in [9.17, 15) is 0 Å². The summed E-state index contributed by atoms with van der Waals surface area (Å²) >= 11 is 1.71. The molecule has 1 heterocycles. The van der Waals surface area contributed by atoms with Gasteiger partial charge in [-0.1, -0.05) is 46.5 Å². The van der Waals surface area contributed by atoms with Crippen LogP contribution >= 0.6 is 11.3 Å². The second-order valence-corrected chi connectivity index (χ2v) is 6.18. The highest BCUT2D eigenvalue weighted by molar-refractivity contribution is 7.09. The van der Waals surface area contributed by atoms with E-state index in [1.54, 1.807) is 11.3 Å². The number of nitrogens with zero attached hydrogens (tertiary/aromatic N) is 1. The van der Waals surface area contributed by atoms with E-state index in [0.717, 1.165) is 23.9 Å². The first-order chi connectivity index (χ1) is 9.22. The lowest BCUT2D eigenvalue weighted by Gasteiger charge is -2.04. The Labute approximate surface area is 121 Å². The van der Waals surface area contributed by atoms with E-state index in [1.165, 1.54) is 32.1 Å². The number of hydrogen-bond donors (Lipinski definition) is 1. The van der Waals surface area contributed by atoms with Crippen LogP contribution in [0, 0.1) is 0 Å². The Bertz CT molecular complexity index is 326. The van der Waals surface area contributed by atoms with Gasteiger partial charge in [0.15, 0.2) is 0 Å². The largest absolute Gasteiger partial charge is 0.375 e. The van der Waals surface area contributed by atoms with Gasteiger partial charge in [0.2, 0.25) is 0 Å². The summed E-state index contributed by atoms with van der Waals surface area (Å²) in [6.07, 6.45) is 6.44. The summed E-state index contributed by atoms with van der Waals surface area (Å²) in [5.74, 6) is 0. The van der Waals surface area contributed by atoms with Crippen LogP contribution in [0.5, 0.6) is 0 Å². The van der Waals surface area contributed by atoms with Crippen LogP contribution in [0.2, 0.25) is 0 Å². The van der Waals surface area contributed by atoms with Crippen molar-refractivity contribution in [2.24, 2.45) is 0 Å². The van der Waals surface area contributed by atoms with Gasteiger partial charge < -0.3 is 10.1 Å². The maximum Gasteiger partial charge on any atom is 0.107 e. The van der Waals surface area contributed by atoms with Crippen molar-refractivity contribution in [3.63, 3.8) is 0 Å². The molecule has 110 valence electrons. The topological polar surface area (TPSA) is 34.1 Å². The van der Waals surface area contributed by atoms with Crippen molar-refractivity contribution in [3.05, 3.63) is 16.1 Å². The molecule has 0 atom stereocenters. The molecule has 0 aromatic carbocycles. The Morgan fingerprint density at radius 2 is 2.05 bits per heavy atom. The average molecular weight is 284 g/mol. The summed E-state index contributed by atoms with van der Waals surface area (Å²) in [6.45, 7) is 8.92. The smallest absolute Gasteiger partial charge is 0.107 e. The lowest BCUT2D eigenvalue weighted by molar-refractivity contribution is 0.114. The van der Waals surface area contributed by atoms with E-state index in [1.807, 2.05) is 0 Å². The molecule has 0 saturated carbocycles. The van der Waals surface area contributed by atoms with E-state index in [0.29, 0.717) is 12.6 Å². The molecule has 0 fully saturated rings. The molecule has 0 aliphatic heterocycles. The molecule has 1 aromatic rings. The fourth-order valence-electron chi connectivity index (χ4n) is 1.77. The number of rotatable bonds is 11.